The van der Waals surface area contributed by atoms with Crippen LogP contribution in [0.4, 0.5) is 22.7 Å². The number of nitrogens with one attached hydrogen (secondary N) is 4. The van der Waals surface area contributed by atoms with Gasteiger partial charge in [0.2, 0.25) is 0 Å². The van der Waals surface area contributed by atoms with Crippen molar-refractivity contribution in [3.05, 3.63) is 343 Å². The number of hydrogen-bond acceptors (Lipinski definition) is 6. The molecule has 0 saturated heterocycles. The summed E-state index contributed by atoms with van der Waals surface area (Å²) in [6, 6.07) is 71.4. The molecular formula is C83H66N8O4. The van der Waals surface area contributed by atoms with E-state index in [2.05, 4.69) is 107 Å². The predicted octanol–water partition coefficient (Wildman–Crippen LogP) is 15.0. The van der Waals surface area contributed by atoms with Gasteiger partial charge in [-0.2, -0.15) is 0 Å². The van der Waals surface area contributed by atoms with E-state index in [4.69, 9.17) is 9.98 Å². The SMILES string of the molecule is CC1(C)Cc2cccc(c2)C(=O)Nc2ccccc2/C2=C3\C=CC(=N3)/C3=c4/cc/c5n4Cn4c2ccc4/C(=C2/C=CC(=N2)/C=5c2ccccc2NC(=O)c2cccc(c2)CC(C)(C)Cc2cccc(c2)C(=O)Nc2ccccc23)c2ccccc2NC(=O)c2cccc(c2)C1. The van der Waals surface area contributed by atoms with Crippen LogP contribution in [0.3, 0.4) is 0 Å². The van der Waals surface area contributed by atoms with Crippen LogP contribution < -0.4 is 32.0 Å². The molecule has 0 atom stereocenters. The molecule has 6 aliphatic rings. The number of amides is 4. The number of aromatic nitrogens is 2. The van der Waals surface area contributed by atoms with Gasteiger partial charge in [-0.3, -0.25) is 19.2 Å². The first-order valence-corrected chi connectivity index (χ1v) is 32.3. The Morgan fingerprint density at radius 2 is 0.632 bits per heavy atom. The molecular weight excluding hydrogens is 1170 g/mol. The lowest BCUT2D eigenvalue weighted by molar-refractivity contribution is 0.101. The molecule has 0 spiro atoms. The van der Waals surface area contributed by atoms with Gasteiger partial charge >= 0.3 is 0 Å². The third-order valence-corrected chi connectivity index (χ3v) is 18.8. The maximum absolute atomic E-state index is 15.0. The van der Waals surface area contributed by atoms with Crippen molar-refractivity contribution >= 4 is 80.1 Å². The first kappa shape index (κ1) is 58.3. The number of carbonyl (C=O) groups excluding carboxylic acids is 4. The summed E-state index contributed by atoms with van der Waals surface area (Å²) in [6.45, 7) is 9.03. The molecule has 8 aromatic carbocycles. The molecule has 0 unspecified atom stereocenters. The fraction of sp³-hybridized carbons (Fsp3) is 0.133. The zero-order valence-corrected chi connectivity index (χ0v) is 53.1. The number of fused-ring (bicyclic) bond motifs is 20. The van der Waals surface area contributed by atoms with Crippen molar-refractivity contribution in [2.24, 2.45) is 20.8 Å². The number of aliphatic imine (C=N–C) groups is 2. The van der Waals surface area contributed by atoms with E-state index >= 15 is 19.2 Å². The molecule has 95 heavy (non-hydrogen) atoms. The highest BCUT2D eigenvalue weighted by molar-refractivity contribution is 6.33. The molecule has 6 aliphatic heterocycles. The van der Waals surface area contributed by atoms with Gasteiger partial charge in [-0.1, -0.05) is 149 Å². The summed E-state index contributed by atoms with van der Waals surface area (Å²) < 4.78 is 4.58. The summed E-state index contributed by atoms with van der Waals surface area (Å²) >= 11 is 0. The van der Waals surface area contributed by atoms with Gasteiger partial charge in [0.15, 0.2) is 0 Å². The quantitative estimate of drug-likeness (QED) is 0.119. The monoisotopic (exact) mass is 1240 g/mol. The first-order valence-electron chi connectivity index (χ1n) is 32.3. The molecule has 4 amide bonds. The summed E-state index contributed by atoms with van der Waals surface area (Å²) in [6.07, 6.45) is 10.9. The third-order valence-electron chi connectivity index (χ3n) is 18.8. The Labute approximate surface area is 550 Å². The van der Waals surface area contributed by atoms with Crippen LogP contribution in [-0.4, -0.2) is 44.2 Å². The zero-order valence-electron chi connectivity index (χ0n) is 53.1. The predicted molar refractivity (Wildman–Crippen MR) is 379 cm³/mol. The van der Waals surface area contributed by atoms with Gasteiger partial charge in [-0.15, -0.1) is 0 Å². The lowest BCUT2D eigenvalue weighted by atomic mass is 9.79. The van der Waals surface area contributed by atoms with Gasteiger partial charge in [0.1, 0.15) is 6.67 Å². The lowest BCUT2D eigenvalue weighted by Gasteiger charge is -2.26. The van der Waals surface area contributed by atoms with Crippen molar-refractivity contribution in [2.45, 2.75) is 60.0 Å². The van der Waals surface area contributed by atoms with E-state index < -0.39 is 0 Å². The number of anilines is 4. The highest BCUT2D eigenvalue weighted by Gasteiger charge is 2.33. The summed E-state index contributed by atoms with van der Waals surface area (Å²) in [7, 11) is 0. The molecule has 0 aliphatic carbocycles. The van der Waals surface area contributed by atoms with Crippen LogP contribution in [0.5, 0.6) is 0 Å². The van der Waals surface area contributed by atoms with E-state index in [0.717, 1.165) is 88.9 Å². The van der Waals surface area contributed by atoms with Crippen LogP contribution in [-0.2, 0) is 32.4 Å². The molecule has 0 radical (unpaired) electrons. The third kappa shape index (κ3) is 10.9. The topological polar surface area (TPSA) is 151 Å². The lowest BCUT2D eigenvalue weighted by Crippen LogP contribution is -2.36. The second kappa shape index (κ2) is 23.1. The van der Waals surface area contributed by atoms with Gasteiger partial charge in [0.25, 0.3) is 23.6 Å². The van der Waals surface area contributed by atoms with Gasteiger partial charge in [0.05, 0.1) is 44.9 Å². The minimum atomic E-state index is -0.263. The minimum absolute atomic E-state index is 0.175. The van der Waals surface area contributed by atoms with Crippen LogP contribution in [0.1, 0.15) is 125 Å². The number of para-hydroxylation sites is 4. The molecule has 462 valence electrons. The smallest absolute Gasteiger partial charge is 0.255 e. The summed E-state index contributed by atoms with van der Waals surface area (Å²) in [4.78, 5) is 71.5. The standard InChI is InChI=1S/C83H66N8O4/c1-82(2)45-50-17-13-21-54(41-50)78(92)86-62-29-9-5-25-58(62)74-66-33-35-68(84-66)76-60-27-7-11-31-64(60)88-80(94)56-23-15-19-52(43-56)47-83(3,4)48-53-20-16-24-57(44-53)81(95)89-65-32-12-8-28-61(65)77-69-36-34-67(85-69)75(71-38-37-70(74)90(71)49-91-72(76)39-40-73(77)91)59-26-6-10-30-63(59)87-79(93)55-22-14-18-51(42-55)46-82/h5-44H,45-49H2,1-4H3,(H,86,92)(H,87,93)(H,88,94)(H,89,95)/b74-66-,74-70?,75-67-,75-71?,76-68?,76-72-,77-69?,77-73+. The Balaban J connectivity index is 1.01. The van der Waals surface area contributed by atoms with Gasteiger partial charge in [-0.25, -0.2) is 9.98 Å². The second-order valence-corrected chi connectivity index (χ2v) is 27.0. The van der Waals surface area contributed by atoms with Crippen molar-refractivity contribution in [1.82, 2.24) is 9.13 Å². The molecule has 2 aromatic heterocycles. The molecule has 0 fully saturated rings. The Morgan fingerprint density at radius 1 is 0.326 bits per heavy atom. The van der Waals surface area contributed by atoms with E-state index in [9.17, 15) is 0 Å². The summed E-state index contributed by atoms with van der Waals surface area (Å²) in [5, 5.41) is 15.1. The van der Waals surface area contributed by atoms with E-state index in [0.29, 0.717) is 93.5 Å². The van der Waals surface area contributed by atoms with Gasteiger partial charge < -0.3 is 30.4 Å². The number of carbonyl (C=O) groups is 4. The van der Waals surface area contributed by atoms with Gasteiger partial charge in [-0.05, 0) is 180 Å². The Hall–Kier alpha value is -11.8. The van der Waals surface area contributed by atoms with Crippen LogP contribution in [0.25, 0.3) is 22.3 Å². The highest BCUT2D eigenvalue weighted by atomic mass is 16.2. The highest BCUT2D eigenvalue weighted by Crippen LogP contribution is 2.44. The number of nitrogens with zero attached hydrogens (tertiary/aromatic N) is 4. The number of rotatable bonds is 0. The van der Waals surface area contributed by atoms with Crippen molar-refractivity contribution in [3.63, 3.8) is 0 Å². The largest absolute Gasteiger partial charge is 0.322 e. The molecule has 10 aromatic rings. The molecule has 4 N–H and O–H groups in total. The van der Waals surface area contributed by atoms with Gasteiger partial charge in [0, 0.05) is 89.5 Å². The number of benzene rings is 8. The van der Waals surface area contributed by atoms with Crippen LogP contribution in [0.2, 0.25) is 0 Å². The van der Waals surface area contributed by atoms with Crippen LogP contribution in [0, 0.1) is 10.8 Å². The number of allylic oxidation sites excluding steroid dienone is 4. The molecule has 8 heterocycles. The number of hydrogen-bond donors (Lipinski definition) is 4. The van der Waals surface area contributed by atoms with E-state index in [1.165, 1.54) is 0 Å². The van der Waals surface area contributed by atoms with Crippen molar-refractivity contribution in [2.75, 3.05) is 21.3 Å². The molecule has 0 saturated carbocycles. The zero-order chi connectivity index (χ0) is 64.7. The Morgan fingerprint density at radius 3 is 0.958 bits per heavy atom. The molecule has 12 nitrogen and oxygen atoms in total. The Kier molecular flexibility index (Phi) is 14.2. The van der Waals surface area contributed by atoms with Crippen molar-refractivity contribution in [3.8, 4) is 0 Å². The van der Waals surface area contributed by atoms with Crippen LogP contribution in [0.15, 0.2) is 264 Å². The summed E-state index contributed by atoms with van der Waals surface area (Å²) in [5.74, 6) is -1.05. The van der Waals surface area contributed by atoms with Crippen molar-refractivity contribution in [1.29, 1.82) is 0 Å². The fourth-order valence-electron chi connectivity index (χ4n) is 14.8. The van der Waals surface area contributed by atoms with Crippen molar-refractivity contribution < 1.29 is 19.2 Å². The normalized spacial score (nSPS) is 19.6. The average Bonchev–Trinajstić information content (AvgIpc) is 1.59. The maximum Gasteiger partial charge on any atom is 0.255 e. The average molecular weight is 1240 g/mol. The van der Waals surface area contributed by atoms with E-state index in [1.54, 1.807) is 0 Å². The van der Waals surface area contributed by atoms with E-state index in [1.807, 2.05) is 194 Å². The van der Waals surface area contributed by atoms with Crippen LogP contribution >= 0.6 is 0 Å². The molecule has 12 heteroatoms. The first-order chi connectivity index (χ1) is 46.1. The molecule has 16 rings (SSSR count). The molecule has 22 bridgehead atoms. The second-order valence-electron chi connectivity index (χ2n) is 27.0. The fourth-order valence-corrected chi connectivity index (χ4v) is 14.8. The minimum Gasteiger partial charge on any atom is -0.322 e. The maximum atomic E-state index is 15.0. The summed E-state index contributed by atoms with van der Waals surface area (Å²) in [5.41, 5.74) is 17.9. The van der Waals surface area contributed by atoms with E-state index in [-0.39, 0.29) is 41.1 Å². The Bertz CT molecular complexity index is 5010.